The number of aromatic nitrogens is 2. The predicted molar refractivity (Wildman–Crippen MR) is 123 cm³/mol. The fraction of sp³-hybridized carbons (Fsp3) is 0.0833. The number of rotatable bonds is 5. The van der Waals surface area contributed by atoms with Crippen LogP contribution in [0, 0.1) is 6.92 Å². The number of anilines is 1. The molecule has 0 spiro atoms. The third-order valence-corrected chi connectivity index (χ3v) is 6.02. The number of hydrazone groups is 1. The van der Waals surface area contributed by atoms with E-state index in [0.29, 0.717) is 0 Å². The van der Waals surface area contributed by atoms with Gasteiger partial charge in [-0.15, -0.1) is 0 Å². The normalized spacial score (nSPS) is 11.6. The van der Waals surface area contributed by atoms with Gasteiger partial charge in [0.1, 0.15) is 0 Å². The molecule has 3 aromatic carbocycles. The molecule has 0 bridgehead atoms. The van der Waals surface area contributed by atoms with Crippen LogP contribution in [0.4, 0.5) is 5.13 Å². The maximum Gasteiger partial charge on any atom is 0.204 e. The van der Waals surface area contributed by atoms with Gasteiger partial charge in [0.05, 0.1) is 16.4 Å². The highest BCUT2D eigenvalue weighted by Crippen LogP contribution is 2.26. The van der Waals surface area contributed by atoms with E-state index in [1.165, 1.54) is 22.0 Å². The molecule has 1 N–H and O–H groups in total. The SMILES string of the molecule is Cc1ccccc1Cn1cc(C=NNc2nc3ccccc3s2)c2ccccc21. The molecule has 0 amide bonds. The Morgan fingerprint density at radius 3 is 2.69 bits per heavy atom. The van der Waals surface area contributed by atoms with Crippen LogP contribution in [-0.2, 0) is 6.54 Å². The third-order valence-electron chi connectivity index (χ3n) is 5.08. The van der Waals surface area contributed by atoms with E-state index < -0.39 is 0 Å². The van der Waals surface area contributed by atoms with Crippen molar-refractivity contribution in [3.8, 4) is 0 Å². The number of thiazole rings is 1. The standard InChI is InChI=1S/C24H20N4S/c1-17-8-2-3-9-18(17)15-28-16-19(20-10-4-6-12-22(20)28)14-25-27-24-26-21-11-5-7-13-23(21)29-24/h2-14,16H,15H2,1H3,(H,26,27). The zero-order valence-electron chi connectivity index (χ0n) is 16.0. The Hall–Kier alpha value is -3.44. The molecule has 5 aromatic rings. The highest BCUT2D eigenvalue weighted by molar-refractivity contribution is 7.22. The van der Waals surface area contributed by atoms with E-state index in [9.17, 15) is 0 Å². The van der Waals surface area contributed by atoms with E-state index in [2.05, 4.69) is 87.8 Å². The molecular weight excluding hydrogens is 376 g/mol. The fourth-order valence-electron chi connectivity index (χ4n) is 3.56. The van der Waals surface area contributed by atoms with Gasteiger partial charge in [0.2, 0.25) is 5.13 Å². The number of para-hydroxylation sites is 2. The summed E-state index contributed by atoms with van der Waals surface area (Å²) in [5, 5.41) is 6.44. The third kappa shape index (κ3) is 3.52. The first-order valence-electron chi connectivity index (χ1n) is 9.55. The van der Waals surface area contributed by atoms with Crippen LogP contribution in [0.5, 0.6) is 0 Å². The molecule has 2 aromatic heterocycles. The molecule has 0 unspecified atom stereocenters. The number of nitrogens with one attached hydrogen (secondary N) is 1. The van der Waals surface area contributed by atoms with Crippen molar-refractivity contribution in [3.05, 3.63) is 95.7 Å². The van der Waals surface area contributed by atoms with E-state index >= 15 is 0 Å². The van der Waals surface area contributed by atoms with Gasteiger partial charge in [0, 0.05) is 29.2 Å². The summed E-state index contributed by atoms with van der Waals surface area (Å²) in [5.41, 5.74) is 8.99. The monoisotopic (exact) mass is 396 g/mol. The van der Waals surface area contributed by atoms with Gasteiger partial charge < -0.3 is 4.57 Å². The molecular formula is C24H20N4S. The van der Waals surface area contributed by atoms with Gasteiger partial charge in [0.25, 0.3) is 0 Å². The molecule has 0 aliphatic rings. The van der Waals surface area contributed by atoms with Crippen LogP contribution in [0.25, 0.3) is 21.1 Å². The van der Waals surface area contributed by atoms with Gasteiger partial charge in [-0.05, 0) is 36.2 Å². The number of nitrogens with zero attached hydrogens (tertiary/aromatic N) is 3. The Kier molecular flexibility index (Phi) is 4.58. The van der Waals surface area contributed by atoms with Crippen molar-refractivity contribution in [2.45, 2.75) is 13.5 Å². The quantitative estimate of drug-likeness (QED) is 0.290. The maximum absolute atomic E-state index is 4.57. The molecule has 0 atom stereocenters. The molecule has 0 aliphatic heterocycles. The Morgan fingerprint density at radius 1 is 1.00 bits per heavy atom. The maximum atomic E-state index is 4.57. The second kappa shape index (κ2) is 7.53. The zero-order valence-corrected chi connectivity index (χ0v) is 16.9. The number of fused-ring (bicyclic) bond motifs is 2. The van der Waals surface area contributed by atoms with Gasteiger partial charge >= 0.3 is 0 Å². The number of aryl methyl sites for hydroxylation is 1. The van der Waals surface area contributed by atoms with Gasteiger partial charge in [0.15, 0.2) is 0 Å². The van der Waals surface area contributed by atoms with E-state index in [-0.39, 0.29) is 0 Å². The highest BCUT2D eigenvalue weighted by Gasteiger charge is 2.08. The summed E-state index contributed by atoms with van der Waals surface area (Å²) in [4.78, 5) is 4.57. The van der Waals surface area contributed by atoms with Crippen molar-refractivity contribution in [2.24, 2.45) is 5.10 Å². The Balaban J connectivity index is 1.44. The first-order chi connectivity index (χ1) is 14.3. The van der Waals surface area contributed by atoms with Crippen LogP contribution in [0.3, 0.4) is 0 Å². The molecule has 0 radical (unpaired) electrons. The zero-order chi connectivity index (χ0) is 19.6. The smallest absolute Gasteiger partial charge is 0.204 e. The summed E-state index contributed by atoms with van der Waals surface area (Å²) in [6, 6.07) is 25.1. The van der Waals surface area contributed by atoms with Crippen molar-refractivity contribution < 1.29 is 0 Å². The lowest BCUT2D eigenvalue weighted by atomic mass is 10.1. The van der Waals surface area contributed by atoms with Crippen LogP contribution in [0.2, 0.25) is 0 Å². The predicted octanol–water partition coefficient (Wildman–Crippen LogP) is 6.05. The molecule has 4 nitrogen and oxygen atoms in total. The lowest BCUT2D eigenvalue weighted by Crippen LogP contribution is -1.99. The molecule has 0 saturated carbocycles. The van der Waals surface area contributed by atoms with Gasteiger partial charge in [-0.25, -0.2) is 4.98 Å². The van der Waals surface area contributed by atoms with Crippen LogP contribution >= 0.6 is 11.3 Å². The molecule has 5 rings (SSSR count). The number of hydrogen-bond donors (Lipinski definition) is 1. The molecule has 0 saturated heterocycles. The summed E-state index contributed by atoms with van der Waals surface area (Å²) in [5.74, 6) is 0. The van der Waals surface area contributed by atoms with Crippen LogP contribution < -0.4 is 5.43 Å². The fourth-order valence-corrected chi connectivity index (χ4v) is 4.37. The van der Waals surface area contributed by atoms with Gasteiger partial charge in [-0.2, -0.15) is 5.10 Å². The van der Waals surface area contributed by atoms with Gasteiger partial charge in [-0.1, -0.05) is 65.9 Å². The van der Waals surface area contributed by atoms with Crippen molar-refractivity contribution in [1.29, 1.82) is 0 Å². The second-order valence-corrected chi connectivity index (χ2v) is 8.04. The summed E-state index contributed by atoms with van der Waals surface area (Å²) >= 11 is 1.60. The van der Waals surface area contributed by atoms with Crippen LogP contribution in [0.1, 0.15) is 16.7 Å². The second-order valence-electron chi connectivity index (χ2n) is 7.01. The largest absolute Gasteiger partial charge is 0.342 e. The van der Waals surface area contributed by atoms with Crippen LogP contribution in [-0.4, -0.2) is 15.8 Å². The summed E-state index contributed by atoms with van der Waals surface area (Å²) in [7, 11) is 0. The Labute approximate surface area is 173 Å². The first kappa shape index (κ1) is 17.6. The number of hydrogen-bond acceptors (Lipinski definition) is 4. The van der Waals surface area contributed by atoms with E-state index in [1.54, 1.807) is 11.3 Å². The Bertz CT molecular complexity index is 1300. The average Bonchev–Trinajstić information content (AvgIpc) is 3.31. The molecule has 29 heavy (non-hydrogen) atoms. The van der Waals surface area contributed by atoms with Crippen LogP contribution in [0.15, 0.2) is 84.1 Å². The lowest BCUT2D eigenvalue weighted by Gasteiger charge is -2.08. The van der Waals surface area contributed by atoms with Crippen molar-refractivity contribution >= 4 is 43.8 Å². The Morgan fingerprint density at radius 2 is 1.79 bits per heavy atom. The van der Waals surface area contributed by atoms with Crippen molar-refractivity contribution in [1.82, 2.24) is 9.55 Å². The molecule has 0 aliphatic carbocycles. The topological polar surface area (TPSA) is 42.2 Å². The molecule has 142 valence electrons. The average molecular weight is 397 g/mol. The minimum Gasteiger partial charge on any atom is -0.342 e. The van der Waals surface area contributed by atoms with Crippen molar-refractivity contribution in [3.63, 3.8) is 0 Å². The first-order valence-corrected chi connectivity index (χ1v) is 10.4. The number of benzene rings is 3. The summed E-state index contributed by atoms with van der Waals surface area (Å²) < 4.78 is 3.44. The van der Waals surface area contributed by atoms with E-state index in [4.69, 9.17) is 0 Å². The van der Waals surface area contributed by atoms with Gasteiger partial charge in [-0.3, -0.25) is 5.43 Å². The minimum absolute atomic E-state index is 0.797. The summed E-state index contributed by atoms with van der Waals surface area (Å²) in [6.45, 7) is 3.00. The van der Waals surface area contributed by atoms with E-state index in [1.807, 2.05) is 24.4 Å². The van der Waals surface area contributed by atoms with E-state index in [0.717, 1.165) is 27.5 Å². The van der Waals surface area contributed by atoms with Crippen molar-refractivity contribution in [2.75, 3.05) is 5.43 Å². The molecule has 5 heteroatoms. The summed E-state index contributed by atoms with van der Waals surface area (Å²) in [6.07, 6.45) is 4.05. The minimum atomic E-state index is 0.797. The molecule has 2 heterocycles. The lowest BCUT2D eigenvalue weighted by molar-refractivity contribution is 0.830. The molecule has 0 fully saturated rings. The highest BCUT2D eigenvalue weighted by atomic mass is 32.1.